The summed E-state index contributed by atoms with van der Waals surface area (Å²) in [5, 5.41) is 4.07. The summed E-state index contributed by atoms with van der Waals surface area (Å²) in [6.07, 6.45) is 3.97. The Morgan fingerprint density at radius 3 is 2.73 bits per heavy atom. The molecule has 26 heavy (non-hydrogen) atoms. The van der Waals surface area contributed by atoms with Gasteiger partial charge in [-0.3, -0.25) is 4.79 Å². The van der Waals surface area contributed by atoms with E-state index < -0.39 is 0 Å². The van der Waals surface area contributed by atoms with Crippen molar-refractivity contribution < 1.29 is 18.8 Å². The molecule has 2 aliphatic rings. The Kier molecular flexibility index (Phi) is 4.88. The Balaban J connectivity index is 1.45. The van der Waals surface area contributed by atoms with Crippen molar-refractivity contribution in [1.82, 2.24) is 15.0 Å². The van der Waals surface area contributed by atoms with Crippen LogP contribution in [0.3, 0.4) is 0 Å². The molecule has 138 valence electrons. The Bertz CT molecular complexity index is 752. The van der Waals surface area contributed by atoms with Crippen molar-refractivity contribution in [2.75, 3.05) is 26.8 Å². The molecule has 2 fully saturated rings. The Labute approximate surface area is 152 Å². The van der Waals surface area contributed by atoms with E-state index in [9.17, 15) is 4.79 Å². The van der Waals surface area contributed by atoms with Crippen LogP contribution in [0.25, 0.3) is 11.5 Å². The van der Waals surface area contributed by atoms with Gasteiger partial charge in [0, 0.05) is 18.0 Å². The number of methoxy groups -OCH3 is 1. The second kappa shape index (κ2) is 7.45. The lowest BCUT2D eigenvalue weighted by molar-refractivity contribution is -0.143. The van der Waals surface area contributed by atoms with Crippen molar-refractivity contribution in [3.63, 3.8) is 0 Å². The monoisotopic (exact) mass is 357 g/mol. The van der Waals surface area contributed by atoms with Gasteiger partial charge in [0.2, 0.25) is 11.7 Å². The van der Waals surface area contributed by atoms with E-state index in [0.29, 0.717) is 31.4 Å². The molecule has 2 heterocycles. The van der Waals surface area contributed by atoms with Crippen molar-refractivity contribution >= 4 is 5.91 Å². The molecule has 0 unspecified atom stereocenters. The molecule has 1 aromatic heterocycles. The number of rotatable bonds is 4. The molecule has 2 aromatic rings. The van der Waals surface area contributed by atoms with Crippen molar-refractivity contribution in [2.24, 2.45) is 5.92 Å². The highest BCUT2D eigenvalue weighted by molar-refractivity contribution is 5.79. The highest BCUT2D eigenvalue weighted by Gasteiger charge is 2.33. The van der Waals surface area contributed by atoms with Gasteiger partial charge in [-0.25, -0.2) is 0 Å². The molecule has 0 bridgehead atoms. The van der Waals surface area contributed by atoms with Gasteiger partial charge in [-0.2, -0.15) is 4.98 Å². The lowest BCUT2D eigenvalue weighted by Crippen LogP contribution is -2.44. The van der Waals surface area contributed by atoms with E-state index in [1.54, 1.807) is 7.11 Å². The zero-order valence-corrected chi connectivity index (χ0v) is 14.9. The molecule has 1 atom stereocenters. The van der Waals surface area contributed by atoms with Gasteiger partial charge < -0.3 is 18.9 Å². The summed E-state index contributed by atoms with van der Waals surface area (Å²) >= 11 is 0. The predicted octanol–water partition coefficient (Wildman–Crippen LogP) is 2.84. The minimum atomic E-state index is -0.343. The Morgan fingerprint density at radius 2 is 2.00 bits per heavy atom. The number of carbonyl (C=O) groups is 1. The maximum absolute atomic E-state index is 12.7. The smallest absolute Gasteiger partial charge is 0.258 e. The van der Waals surface area contributed by atoms with Gasteiger partial charge in [-0.15, -0.1) is 0 Å². The molecule has 1 aliphatic heterocycles. The number of nitrogens with zero attached hydrogens (tertiary/aromatic N) is 3. The van der Waals surface area contributed by atoms with Crippen LogP contribution < -0.4 is 4.74 Å². The Hall–Kier alpha value is -2.41. The molecule has 1 saturated heterocycles. The van der Waals surface area contributed by atoms with Gasteiger partial charge in [0.05, 0.1) is 20.3 Å². The van der Waals surface area contributed by atoms with Crippen molar-refractivity contribution in [3.8, 4) is 17.2 Å². The van der Waals surface area contributed by atoms with Gasteiger partial charge in [0.15, 0.2) is 0 Å². The number of morpholine rings is 1. The molecule has 4 rings (SSSR count). The third kappa shape index (κ3) is 3.44. The van der Waals surface area contributed by atoms with Gasteiger partial charge in [-0.05, 0) is 37.1 Å². The second-order valence-corrected chi connectivity index (χ2v) is 6.81. The van der Waals surface area contributed by atoms with Gasteiger partial charge in [0.1, 0.15) is 11.9 Å². The summed E-state index contributed by atoms with van der Waals surface area (Å²) in [6, 6.07) is 7.43. The van der Waals surface area contributed by atoms with Crippen LogP contribution in [0.15, 0.2) is 28.8 Å². The molecular formula is C19H23N3O4. The van der Waals surface area contributed by atoms with Crippen LogP contribution >= 0.6 is 0 Å². The molecule has 1 aromatic carbocycles. The van der Waals surface area contributed by atoms with Crippen LogP contribution in [0.4, 0.5) is 0 Å². The molecule has 1 saturated carbocycles. The van der Waals surface area contributed by atoms with Crippen molar-refractivity contribution in [2.45, 2.75) is 31.8 Å². The number of amides is 1. The normalized spacial score (nSPS) is 21.1. The fraction of sp³-hybridized carbons (Fsp3) is 0.526. The first-order valence-corrected chi connectivity index (χ1v) is 9.13. The quantitative estimate of drug-likeness (QED) is 0.837. The summed E-state index contributed by atoms with van der Waals surface area (Å²) in [6.45, 7) is 1.61. The summed E-state index contributed by atoms with van der Waals surface area (Å²) in [5.74, 6) is 2.11. The lowest BCUT2D eigenvalue weighted by Gasteiger charge is -2.33. The van der Waals surface area contributed by atoms with Crippen LogP contribution in [0.1, 0.15) is 37.6 Å². The fourth-order valence-electron chi connectivity index (χ4n) is 3.65. The van der Waals surface area contributed by atoms with E-state index in [4.69, 9.17) is 14.0 Å². The predicted molar refractivity (Wildman–Crippen MR) is 93.5 cm³/mol. The van der Waals surface area contributed by atoms with Crippen LogP contribution in [-0.2, 0) is 9.53 Å². The first-order chi connectivity index (χ1) is 12.7. The number of hydrogen-bond donors (Lipinski definition) is 0. The number of benzene rings is 1. The van der Waals surface area contributed by atoms with E-state index in [2.05, 4.69) is 10.1 Å². The largest absolute Gasteiger partial charge is 0.497 e. The molecule has 1 aliphatic carbocycles. The van der Waals surface area contributed by atoms with Crippen LogP contribution in [-0.4, -0.2) is 47.8 Å². The minimum absolute atomic E-state index is 0.175. The minimum Gasteiger partial charge on any atom is -0.497 e. The zero-order chi connectivity index (χ0) is 17.9. The van der Waals surface area contributed by atoms with Gasteiger partial charge in [0.25, 0.3) is 5.89 Å². The summed E-state index contributed by atoms with van der Waals surface area (Å²) in [7, 11) is 1.62. The topological polar surface area (TPSA) is 77.7 Å². The first kappa shape index (κ1) is 17.0. The van der Waals surface area contributed by atoms with E-state index in [-0.39, 0.29) is 17.9 Å². The van der Waals surface area contributed by atoms with E-state index >= 15 is 0 Å². The molecule has 1 amide bonds. The summed E-state index contributed by atoms with van der Waals surface area (Å²) in [5.41, 5.74) is 0.819. The third-order valence-corrected chi connectivity index (χ3v) is 5.15. The van der Waals surface area contributed by atoms with Gasteiger partial charge >= 0.3 is 0 Å². The molecule has 7 heteroatoms. The second-order valence-electron chi connectivity index (χ2n) is 6.81. The molecule has 0 N–H and O–H groups in total. The molecule has 0 radical (unpaired) electrons. The average Bonchev–Trinajstić information content (AvgIpc) is 3.40. The van der Waals surface area contributed by atoms with Crippen molar-refractivity contribution in [3.05, 3.63) is 30.1 Å². The molecule has 7 nitrogen and oxygen atoms in total. The zero-order valence-electron chi connectivity index (χ0n) is 14.9. The van der Waals surface area contributed by atoms with Crippen LogP contribution in [0, 0.1) is 5.92 Å². The molecular weight excluding hydrogens is 334 g/mol. The van der Waals surface area contributed by atoms with E-state index in [1.807, 2.05) is 29.2 Å². The Morgan fingerprint density at radius 1 is 1.23 bits per heavy atom. The number of ether oxygens (including phenoxy) is 2. The number of hydrogen-bond acceptors (Lipinski definition) is 6. The highest BCUT2D eigenvalue weighted by atomic mass is 16.5. The maximum Gasteiger partial charge on any atom is 0.258 e. The van der Waals surface area contributed by atoms with Gasteiger partial charge in [-0.1, -0.05) is 18.0 Å². The molecule has 0 spiro atoms. The van der Waals surface area contributed by atoms with E-state index in [1.165, 1.54) is 0 Å². The van der Waals surface area contributed by atoms with Crippen LogP contribution in [0.2, 0.25) is 0 Å². The highest BCUT2D eigenvalue weighted by Crippen LogP contribution is 2.29. The third-order valence-electron chi connectivity index (χ3n) is 5.15. The standard InChI is InChI=1S/C19H23N3O4/c1-24-15-8-6-13(7-9-15)18-20-17(21-26-18)16-12-22(10-11-25-16)19(23)14-4-2-3-5-14/h6-9,14,16H,2-5,10-12H2,1H3/t16-/m0/s1. The lowest BCUT2D eigenvalue weighted by atomic mass is 10.1. The number of carbonyl (C=O) groups excluding carboxylic acids is 1. The maximum atomic E-state index is 12.7. The van der Waals surface area contributed by atoms with Crippen molar-refractivity contribution in [1.29, 1.82) is 0 Å². The SMILES string of the molecule is COc1ccc(-c2nc([C@@H]3CN(C(=O)C4CCCC4)CCO3)no2)cc1. The summed E-state index contributed by atoms with van der Waals surface area (Å²) in [4.78, 5) is 19.0. The first-order valence-electron chi connectivity index (χ1n) is 9.13. The number of aromatic nitrogens is 2. The van der Waals surface area contributed by atoms with E-state index in [0.717, 1.165) is 37.0 Å². The summed E-state index contributed by atoms with van der Waals surface area (Å²) < 4.78 is 16.3. The fourth-order valence-corrected chi connectivity index (χ4v) is 3.65. The van der Waals surface area contributed by atoms with Crippen LogP contribution in [0.5, 0.6) is 5.75 Å². The average molecular weight is 357 g/mol.